The number of fused-ring (bicyclic) bond motifs is 1. The molecule has 0 amide bonds. The molecule has 0 aliphatic carbocycles. The topological polar surface area (TPSA) is 69.3 Å². The lowest BCUT2D eigenvalue weighted by Gasteiger charge is -2.07. The van der Waals surface area contributed by atoms with Gasteiger partial charge in [-0.1, -0.05) is 42.5 Å². The van der Waals surface area contributed by atoms with Crippen molar-refractivity contribution < 1.29 is 9.21 Å². The van der Waals surface area contributed by atoms with Crippen molar-refractivity contribution in [3.8, 4) is 0 Å². The first-order chi connectivity index (χ1) is 11.1. The van der Waals surface area contributed by atoms with Crippen molar-refractivity contribution in [1.82, 2.24) is 4.57 Å². The lowest BCUT2D eigenvalue weighted by Crippen LogP contribution is -2.28. The zero-order chi connectivity index (χ0) is 16.2. The summed E-state index contributed by atoms with van der Waals surface area (Å²) in [6.07, 6.45) is 0.938. The Morgan fingerprint density at radius 3 is 2.43 bits per heavy atom. The predicted molar refractivity (Wildman–Crippen MR) is 86.5 cm³/mol. The number of hydrogen-bond donors (Lipinski definition) is 0. The summed E-state index contributed by atoms with van der Waals surface area (Å²) in [6, 6.07) is 16.3. The zero-order valence-electron chi connectivity index (χ0n) is 12.4. The number of para-hydroxylation sites is 1. The van der Waals surface area contributed by atoms with Gasteiger partial charge in [0.25, 0.3) is 0 Å². The molecule has 23 heavy (non-hydrogen) atoms. The van der Waals surface area contributed by atoms with Crippen LogP contribution in [0.15, 0.2) is 68.6 Å². The fraction of sp³-hybridized carbons (Fsp3) is 0.167. The monoisotopic (exact) mass is 309 g/mol. The standard InChI is InChI=1S/C18H15NO4/c20-14(11-10-13-6-2-1-3-7-13)12-19-16-9-5-4-8-15(16)17(21)23-18(19)22/h1-9H,10-12H2. The molecule has 0 atom stereocenters. The Bertz CT molecular complexity index is 954. The van der Waals surface area contributed by atoms with Gasteiger partial charge in [0.1, 0.15) is 0 Å². The van der Waals surface area contributed by atoms with Crippen molar-refractivity contribution in [2.75, 3.05) is 0 Å². The van der Waals surface area contributed by atoms with Crippen molar-refractivity contribution in [3.63, 3.8) is 0 Å². The molecule has 0 radical (unpaired) electrons. The third-order valence-corrected chi connectivity index (χ3v) is 3.68. The maximum Gasteiger partial charge on any atom is 0.422 e. The molecule has 0 N–H and O–H groups in total. The smallest absolute Gasteiger partial charge is 0.372 e. The Kier molecular flexibility index (Phi) is 4.19. The van der Waals surface area contributed by atoms with Crippen LogP contribution >= 0.6 is 0 Å². The number of carbonyl (C=O) groups is 1. The van der Waals surface area contributed by atoms with E-state index in [0.29, 0.717) is 23.7 Å². The molecule has 1 aromatic heterocycles. The maximum atomic E-state index is 12.2. The maximum absolute atomic E-state index is 12.2. The molecule has 0 bridgehead atoms. The lowest BCUT2D eigenvalue weighted by atomic mass is 10.1. The van der Waals surface area contributed by atoms with Gasteiger partial charge < -0.3 is 4.42 Å². The van der Waals surface area contributed by atoms with E-state index < -0.39 is 11.4 Å². The summed E-state index contributed by atoms with van der Waals surface area (Å²) in [5, 5.41) is 0.294. The Morgan fingerprint density at radius 1 is 0.957 bits per heavy atom. The normalized spacial score (nSPS) is 10.8. The Labute approximate surface area is 131 Å². The van der Waals surface area contributed by atoms with Crippen molar-refractivity contribution in [1.29, 1.82) is 0 Å². The third kappa shape index (κ3) is 3.29. The molecule has 0 fully saturated rings. The summed E-state index contributed by atoms with van der Waals surface area (Å²) in [5.74, 6) is -0.892. The van der Waals surface area contributed by atoms with Crippen LogP contribution in [-0.4, -0.2) is 10.4 Å². The molecule has 5 nitrogen and oxygen atoms in total. The lowest BCUT2D eigenvalue weighted by molar-refractivity contribution is -0.119. The average molecular weight is 309 g/mol. The highest BCUT2D eigenvalue weighted by molar-refractivity contribution is 5.82. The Balaban J connectivity index is 1.83. The molecular formula is C18H15NO4. The number of aryl methyl sites for hydroxylation is 1. The second-order valence-corrected chi connectivity index (χ2v) is 5.28. The van der Waals surface area contributed by atoms with E-state index in [4.69, 9.17) is 0 Å². The highest BCUT2D eigenvalue weighted by Gasteiger charge is 2.12. The summed E-state index contributed by atoms with van der Waals surface area (Å²) in [5.41, 5.74) is 0.804. The number of hydrogen-bond acceptors (Lipinski definition) is 4. The van der Waals surface area contributed by atoms with Crippen molar-refractivity contribution in [2.24, 2.45) is 0 Å². The van der Waals surface area contributed by atoms with E-state index in [0.717, 1.165) is 5.56 Å². The highest BCUT2D eigenvalue weighted by atomic mass is 16.4. The van der Waals surface area contributed by atoms with E-state index in [1.807, 2.05) is 30.3 Å². The van der Waals surface area contributed by atoms with E-state index in [9.17, 15) is 14.4 Å². The van der Waals surface area contributed by atoms with Crippen LogP contribution in [0, 0.1) is 0 Å². The molecule has 0 spiro atoms. The Hall–Kier alpha value is -2.95. The largest absolute Gasteiger partial charge is 0.422 e. The van der Waals surface area contributed by atoms with Crippen LogP contribution in [0.25, 0.3) is 10.9 Å². The number of carbonyl (C=O) groups excluding carboxylic acids is 1. The molecular weight excluding hydrogens is 294 g/mol. The molecule has 0 aliphatic rings. The number of aromatic nitrogens is 1. The van der Waals surface area contributed by atoms with E-state index >= 15 is 0 Å². The van der Waals surface area contributed by atoms with Crippen molar-refractivity contribution in [3.05, 3.63) is 81.1 Å². The van der Waals surface area contributed by atoms with Gasteiger partial charge in [0.15, 0.2) is 5.78 Å². The quantitative estimate of drug-likeness (QED) is 0.724. The fourth-order valence-corrected chi connectivity index (χ4v) is 2.50. The predicted octanol–water partition coefficient (Wildman–Crippen LogP) is 2.16. The van der Waals surface area contributed by atoms with Crippen LogP contribution in [0.4, 0.5) is 0 Å². The van der Waals surface area contributed by atoms with Crippen LogP contribution < -0.4 is 11.4 Å². The zero-order valence-corrected chi connectivity index (χ0v) is 12.4. The molecule has 3 rings (SSSR count). The van der Waals surface area contributed by atoms with Gasteiger partial charge in [0.2, 0.25) is 0 Å². The van der Waals surface area contributed by atoms with Crippen molar-refractivity contribution in [2.45, 2.75) is 19.4 Å². The number of ketones is 1. The third-order valence-electron chi connectivity index (χ3n) is 3.68. The molecule has 0 saturated carbocycles. The molecule has 0 unspecified atom stereocenters. The highest BCUT2D eigenvalue weighted by Crippen LogP contribution is 2.08. The molecule has 0 aliphatic heterocycles. The van der Waals surface area contributed by atoms with Gasteiger partial charge in [0.05, 0.1) is 17.4 Å². The van der Waals surface area contributed by atoms with Crippen LogP contribution in [0.3, 0.4) is 0 Å². The first-order valence-corrected chi connectivity index (χ1v) is 7.33. The summed E-state index contributed by atoms with van der Waals surface area (Å²) in [6.45, 7) is -0.101. The van der Waals surface area contributed by atoms with Crippen LogP contribution in [-0.2, 0) is 17.8 Å². The first kappa shape index (κ1) is 15.0. The minimum Gasteiger partial charge on any atom is -0.372 e. The number of Topliss-reactive ketones (excluding diaryl/α,β-unsaturated/α-hetero) is 1. The van der Waals surface area contributed by atoms with E-state index in [1.54, 1.807) is 24.3 Å². The van der Waals surface area contributed by atoms with E-state index in [1.165, 1.54) is 4.57 Å². The SMILES string of the molecule is O=C(CCc1ccccc1)Cn1c(=O)oc(=O)c2ccccc21. The number of rotatable bonds is 5. The number of benzene rings is 2. The van der Waals surface area contributed by atoms with Gasteiger partial charge in [-0.15, -0.1) is 0 Å². The van der Waals surface area contributed by atoms with Gasteiger partial charge in [-0.25, -0.2) is 9.59 Å². The molecule has 0 saturated heterocycles. The van der Waals surface area contributed by atoms with Crippen LogP contribution in [0.5, 0.6) is 0 Å². The van der Waals surface area contributed by atoms with Crippen molar-refractivity contribution >= 4 is 16.7 Å². The van der Waals surface area contributed by atoms with Gasteiger partial charge in [-0.2, -0.15) is 0 Å². The summed E-state index contributed by atoms with van der Waals surface area (Å²) < 4.78 is 5.90. The van der Waals surface area contributed by atoms with Gasteiger partial charge in [0, 0.05) is 6.42 Å². The summed E-state index contributed by atoms with van der Waals surface area (Å²) >= 11 is 0. The minimum absolute atomic E-state index is 0.0880. The van der Waals surface area contributed by atoms with Gasteiger partial charge in [-0.05, 0) is 24.1 Å². The van der Waals surface area contributed by atoms with Gasteiger partial charge in [-0.3, -0.25) is 9.36 Å². The molecule has 3 aromatic rings. The Morgan fingerprint density at radius 2 is 1.65 bits per heavy atom. The van der Waals surface area contributed by atoms with Crippen LogP contribution in [0.1, 0.15) is 12.0 Å². The molecule has 1 heterocycles. The molecule has 116 valence electrons. The number of nitrogens with zero attached hydrogens (tertiary/aromatic N) is 1. The first-order valence-electron chi connectivity index (χ1n) is 7.33. The second kappa shape index (κ2) is 6.44. The molecule has 2 aromatic carbocycles. The fourth-order valence-electron chi connectivity index (χ4n) is 2.50. The summed E-state index contributed by atoms with van der Waals surface area (Å²) in [4.78, 5) is 35.8. The summed E-state index contributed by atoms with van der Waals surface area (Å²) in [7, 11) is 0. The van der Waals surface area contributed by atoms with Gasteiger partial charge >= 0.3 is 11.4 Å². The second-order valence-electron chi connectivity index (χ2n) is 5.28. The molecule has 5 heteroatoms. The average Bonchev–Trinajstić information content (AvgIpc) is 2.58. The van der Waals surface area contributed by atoms with E-state index in [2.05, 4.69) is 4.42 Å². The van der Waals surface area contributed by atoms with E-state index in [-0.39, 0.29) is 12.3 Å². The minimum atomic E-state index is -0.804. The van der Waals surface area contributed by atoms with Crippen LogP contribution in [0.2, 0.25) is 0 Å².